The Balaban J connectivity index is 2.73. The van der Waals surface area contributed by atoms with E-state index in [-0.39, 0.29) is 11.1 Å². The molecule has 1 aromatic rings. The maximum absolute atomic E-state index is 11.5. The summed E-state index contributed by atoms with van der Waals surface area (Å²) in [5.74, 6) is -0.995. The molecule has 0 aromatic carbocycles. The summed E-state index contributed by atoms with van der Waals surface area (Å²) in [5, 5.41) is 9.01. The molecule has 0 amide bonds. The van der Waals surface area contributed by atoms with Crippen molar-refractivity contribution in [1.29, 1.82) is 0 Å². The summed E-state index contributed by atoms with van der Waals surface area (Å²) in [6.07, 6.45) is 3.61. The Morgan fingerprint density at radius 2 is 2.07 bits per heavy atom. The highest BCUT2D eigenvalue weighted by Gasteiger charge is 2.20. The van der Waals surface area contributed by atoms with E-state index in [4.69, 9.17) is 5.11 Å². The first-order valence-corrected chi connectivity index (χ1v) is 5.06. The second-order valence-electron chi connectivity index (χ2n) is 3.89. The van der Waals surface area contributed by atoms with Gasteiger partial charge in [-0.2, -0.15) is 0 Å². The van der Waals surface area contributed by atoms with Crippen molar-refractivity contribution in [2.45, 2.75) is 25.7 Å². The number of fused-ring (bicyclic) bond motifs is 1. The highest BCUT2D eigenvalue weighted by Crippen LogP contribution is 2.22. The van der Waals surface area contributed by atoms with Crippen molar-refractivity contribution in [3.8, 4) is 0 Å². The minimum Gasteiger partial charge on any atom is -0.478 e. The number of carboxylic acids is 1. The highest BCUT2D eigenvalue weighted by molar-refractivity contribution is 5.89. The van der Waals surface area contributed by atoms with Crippen LogP contribution in [-0.2, 0) is 19.9 Å². The third-order valence-electron chi connectivity index (χ3n) is 3.00. The number of aromatic nitrogens is 1. The average Bonchev–Trinajstić information content (AvgIpc) is 2.23. The minimum atomic E-state index is -0.995. The van der Waals surface area contributed by atoms with Crippen molar-refractivity contribution in [3.63, 3.8) is 0 Å². The fourth-order valence-electron chi connectivity index (χ4n) is 2.18. The van der Waals surface area contributed by atoms with E-state index in [0.717, 1.165) is 36.9 Å². The second kappa shape index (κ2) is 3.53. The molecule has 0 spiro atoms. The summed E-state index contributed by atoms with van der Waals surface area (Å²) in [4.78, 5) is 22.5. The van der Waals surface area contributed by atoms with Crippen LogP contribution in [0.1, 0.15) is 34.5 Å². The fraction of sp³-hybridized carbons (Fsp3) is 0.455. The number of carboxylic acid groups (broad SMARTS) is 1. The highest BCUT2D eigenvalue weighted by atomic mass is 16.4. The van der Waals surface area contributed by atoms with Gasteiger partial charge in [-0.25, -0.2) is 4.79 Å². The van der Waals surface area contributed by atoms with Crippen molar-refractivity contribution in [2.75, 3.05) is 0 Å². The molecular weight excluding hydrogens is 194 g/mol. The molecule has 2 rings (SSSR count). The standard InChI is InChI=1S/C11H13NO3/c1-12-9-5-3-2-4-7(9)8(11(14)15)6-10(12)13/h6H,2-5H2,1H3,(H,14,15). The Kier molecular flexibility index (Phi) is 2.34. The second-order valence-corrected chi connectivity index (χ2v) is 3.89. The lowest BCUT2D eigenvalue weighted by Gasteiger charge is -2.20. The van der Waals surface area contributed by atoms with Crippen molar-refractivity contribution in [3.05, 3.63) is 33.2 Å². The lowest BCUT2D eigenvalue weighted by molar-refractivity contribution is 0.0695. The Morgan fingerprint density at radius 3 is 2.73 bits per heavy atom. The topological polar surface area (TPSA) is 59.3 Å². The zero-order valence-electron chi connectivity index (χ0n) is 8.62. The number of rotatable bonds is 1. The fourth-order valence-corrected chi connectivity index (χ4v) is 2.18. The van der Waals surface area contributed by atoms with E-state index in [1.165, 1.54) is 6.07 Å². The van der Waals surface area contributed by atoms with Crippen LogP contribution in [0.15, 0.2) is 10.9 Å². The van der Waals surface area contributed by atoms with E-state index >= 15 is 0 Å². The molecule has 15 heavy (non-hydrogen) atoms. The van der Waals surface area contributed by atoms with Gasteiger partial charge in [-0.15, -0.1) is 0 Å². The zero-order valence-corrected chi connectivity index (χ0v) is 8.62. The van der Waals surface area contributed by atoms with Crippen molar-refractivity contribution >= 4 is 5.97 Å². The molecule has 1 aliphatic carbocycles. The van der Waals surface area contributed by atoms with Crippen LogP contribution in [0.4, 0.5) is 0 Å². The molecule has 0 unspecified atom stereocenters. The lowest BCUT2D eigenvalue weighted by Crippen LogP contribution is -2.26. The monoisotopic (exact) mass is 207 g/mol. The molecule has 0 radical (unpaired) electrons. The Bertz CT molecular complexity index is 473. The molecule has 4 heteroatoms. The van der Waals surface area contributed by atoms with Crippen molar-refractivity contribution in [1.82, 2.24) is 4.57 Å². The molecule has 4 nitrogen and oxygen atoms in total. The first kappa shape index (κ1) is 9.96. The molecule has 80 valence electrons. The first-order valence-electron chi connectivity index (χ1n) is 5.06. The van der Waals surface area contributed by atoms with Crippen LogP contribution in [0.3, 0.4) is 0 Å². The van der Waals surface area contributed by atoms with E-state index in [1.54, 1.807) is 11.6 Å². The van der Waals surface area contributed by atoms with Gasteiger partial charge in [0.2, 0.25) is 0 Å². The van der Waals surface area contributed by atoms with Gasteiger partial charge in [0.1, 0.15) is 0 Å². The van der Waals surface area contributed by atoms with Gasteiger partial charge < -0.3 is 9.67 Å². The van der Waals surface area contributed by atoms with Gasteiger partial charge in [-0.3, -0.25) is 4.79 Å². The molecule has 0 fully saturated rings. The molecule has 1 N–H and O–H groups in total. The Labute approximate surface area is 87.2 Å². The molecule has 0 bridgehead atoms. The van der Waals surface area contributed by atoms with Crippen molar-refractivity contribution in [2.24, 2.45) is 7.05 Å². The van der Waals surface area contributed by atoms with Gasteiger partial charge in [0.15, 0.2) is 0 Å². The SMILES string of the molecule is Cn1c2c(c(C(=O)O)cc1=O)CCCC2. The van der Waals surface area contributed by atoms with Gasteiger partial charge in [0.25, 0.3) is 5.56 Å². The number of aromatic carboxylic acids is 1. The van der Waals surface area contributed by atoms with Crippen molar-refractivity contribution < 1.29 is 9.90 Å². The van der Waals surface area contributed by atoms with E-state index < -0.39 is 5.97 Å². The van der Waals surface area contributed by atoms with E-state index in [1.807, 2.05) is 0 Å². The Hall–Kier alpha value is -1.58. The van der Waals surface area contributed by atoms with Gasteiger partial charge in [0, 0.05) is 18.8 Å². The van der Waals surface area contributed by atoms with Gasteiger partial charge in [0.05, 0.1) is 5.56 Å². The largest absolute Gasteiger partial charge is 0.478 e. The van der Waals surface area contributed by atoms with Crippen LogP contribution in [0.25, 0.3) is 0 Å². The van der Waals surface area contributed by atoms with Crippen LogP contribution in [0, 0.1) is 0 Å². The summed E-state index contributed by atoms with van der Waals surface area (Å²) in [5.41, 5.74) is 1.70. The Morgan fingerprint density at radius 1 is 1.40 bits per heavy atom. The molecular formula is C11H13NO3. The molecule has 1 aromatic heterocycles. The van der Waals surface area contributed by atoms with Crippen LogP contribution in [-0.4, -0.2) is 15.6 Å². The molecule has 1 aliphatic rings. The van der Waals surface area contributed by atoms with E-state index in [9.17, 15) is 9.59 Å². The molecule has 0 saturated carbocycles. The van der Waals surface area contributed by atoms with Crippen LogP contribution in [0.2, 0.25) is 0 Å². The third kappa shape index (κ3) is 1.56. The predicted octanol–water partition coefficient (Wildman–Crippen LogP) is 0.962. The molecule has 1 heterocycles. The van der Waals surface area contributed by atoms with E-state index in [0.29, 0.717) is 0 Å². The summed E-state index contributed by atoms with van der Waals surface area (Å²) < 4.78 is 1.57. The maximum Gasteiger partial charge on any atom is 0.336 e. The molecule has 0 aliphatic heterocycles. The normalized spacial score (nSPS) is 14.7. The van der Waals surface area contributed by atoms with Crippen LogP contribution < -0.4 is 5.56 Å². The summed E-state index contributed by atoms with van der Waals surface area (Å²) >= 11 is 0. The zero-order chi connectivity index (χ0) is 11.0. The minimum absolute atomic E-state index is 0.188. The van der Waals surface area contributed by atoms with Crippen LogP contribution >= 0.6 is 0 Å². The number of hydrogen-bond donors (Lipinski definition) is 1. The first-order chi connectivity index (χ1) is 7.11. The third-order valence-corrected chi connectivity index (χ3v) is 3.00. The lowest BCUT2D eigenvalue weighted by atomic mass is 9.92. The summed E-state index contributed by atoms with van der Waals surface area (Å²) in [6.45, 7) is 0. The van der Waals surface area contributed by atoms with Gasteiger partial charge in [-0.05, 0) is 31.2 Å². The van der Waals surface area contributed by atoms with Crippen LogP contribution in [0.5, 0.6) is 0 Å². The molecule has 0 saturated heterocycles. The van der Waals surface area contributed by atoms with Gasteiger partial charge >= 0.3 is 5.97 Å². The number of nitrogens with zero attached hydrogens (tertiary/aromatic N) is 1. The average molecular weight is 207 g/mol. The quantitative estimate of drug-likeness (QED) is 0.746. The number of carbonyl (C=O) groups is 1. The van der Waals surface area contributed by atoms with E-state index in [2.05, 4.69) is 0 Å². The predicted molar refractivity (Wildman–Crippen MR) is 55.3 cm³/mol. The number of hydrogen-bond acceptors (Lipinski definition) is 2. The summed E-state index contributed by atoms with van der Waals surface area (Å²) in [6, 6.07) is 1.23. The molecule has 0 atom stereocenters. The number of pyridine rings is 1. The van der Waals surface area contributed by atoms with Gasteiger partial charge in [-0.1, -0.05) is 0 Å². The maximum atomic E-state index is 11.5. The smallest absolute Gasteiger partial charge is 0.336 e. The summed E-state index contributed by atoms with van der Waals surface area (Å²) in [7, 11) is 1.71.